The van der Waals surface area contributed by atoms with Gasteiger partial charge >= 0.3 is 0 Å². The van der Waals surface area contributed by atoms with Gasteiger partial charge in [0.15, 0.2) is 0 Å². The van der Waals surface area contributed by atoms with Crippen molar-refractivity contribution in [2.45, 2.75) is 42.5 Å². The molecule has 1 saturated heterocycles. The molecule has 0 radical (unpaired) electrons. The summed E-state index contributed by atoms with van der Waals surface area (Å²) in [4.78, 5) is 13.4. The van der Waals surface area contributed by atoms with Crippen molar-refractivity contribution in [2.24, 2.45) is 5.92 Å². The van der Waals surface area contributed by atoms with Gasteiger partial charge in [0.25, 0.3) is 0 Å². The number of benzene rings is 2. The minimum Gasteiger partial charge on any atom is -0.497 e. The van der Waals surface area contributed by atoms with Crippen molar-refractivity contribution in [2.75, 3.05) is 20.2 Å². The Bertz CT molecular complexity index is 1030. The highest BCUT2D eigenvalue weighted by Crippen LogP contribution is 2.42. The number of halogens is 1. The number of piperidine rings is 1. The molecule has 0 spiro atoms. The topological polar surface area (TPSA) is 75.7 Å². The van der Waals surface area contributed by atoms with E-state index in [1.165, 1.54) is 11.4 Å². The maximum Gasteiger partial charge on any atom is 0.243 e. The van der Waals surface area contributed by atoms with Crippen LogP contribution in [0, 0.1) is 5.92 Å². The molecule has 1 N–H and O–H groups in total. The SMILES string of the molecule is COc1ccc(S(=O)(=O)N2CCCC(C(=O)NC3(c4ccc(Cl)cc4)CCC3)C2)cc1. The van der Waals surface area contributed by atoms with Gasteiger partial charge in [-0.3, -0.25) is 4.79 Å². The lowest BCUT2D eigenvalue weighted by Crippen LogP contribution is -2.54. The number of nitrogens with one attached hydrogen (secondary N) is 1. The molecule has 2 fully saturated rings. The third kappa shape index (κ3) is 4.45. The molecule has 2 aromatic carbocycles. The summed E-state index contributed by atoms with van der Waals surface area (Å²) in [6, 6.07) is 14.0. The molecule has 1 heterocycles. The fraction of sp³-hybridized carbons (Fsp3) is 0.435. The van der Waals surface area contributed by atoms with Crippen LogP contribution in [-0.4, -0.2) is 38.8 Å². The van der Waals surface area contributed by atoms with Gasteiger partial charge in [0, 0.05) is 18.1 Å². The lowest BCUT2D eigenvalue weighted by molar-refractivity contribution is -0.129. The average Bonchev–Trinajstić information content (AvgIpc) is 2.77. The number of carbonyl (C=O) groups excluding carboxylic acids is 1. The largest absolute Gasteiger partial charge is 0.497 e. The van der Waals surface area contributed by atoms with Crippen molar-refractivity contribution < 1.29 is 17.9 Å². The van der Waals surface area contributed by atoms with Crippen molar-refractivity contribution in [3.05, 3.63) is 59.1 Å². The summed E-state index contributed by atoms with van der Waals surface area (Å²) in [6.45, 7) is 0.608. The first-order chi connectivity index (χ1) is 14.8. The predicted molar refractivity (Wildman–Crippen MR) is 120 cm³/mol. The zero-order chi connectivity index (χ0) is 22.1. The number of rotatable bonds is 6. The van der Waals surface area contributed by atoms with Gasteiger partial charge in [-0.25, -0.2) is 8.42 Å². The highest BCUT2D eigenvalue weighted by molar-refractivity contribution is 7.89. The van der Waals surface area contributed by atoms with E-state index in [0.717, 1.165) is 24.8 Å². The van der Waals surface area contributed by atoms with E-state index in [1.54, 1.807) is 24.3 Å². The minimum atomic E-state index is -3.66. The van der Waals surface area contributed by atoms with E-state index in [1.807, 2.05) is 24.3 Å². The van der Waals surface area contributed by atoms with Crippen LogP contribution in [0.25, 0.3) is 0 Å². The Labute approximate surface area is 188 Å². The standard InChI is InChI=1S/C23H27ClN2O4S/c1-30-20-9-11-21(12-10-20)31(28,29)26-15-2-4-17(16-26)22(27)25-23(13-3-14-23)18-5-7-19(24)8-6-18/h5-12,17H,2-4,13-16H2,1H3,(H,25,27). The molecule has 31 heavy (non-hydrogen) atoms. The van der Waals surface area contributed by atoms with Crippen LogP contribution >= 0.6 is 11.6 Å². The summed E-state index contributed by atoms with van der Waals surface area (Å²) >= 11 is 6.02. The summed E-state index contributed by atoms with van der Waals surface area (Å²) in [6.07, 6.45) is 4.13. The monoisotopic (exact) mass is 462 g/mol. The molecule has 4 rings (SSSR count). The molecule has 1 amide bonds. The van der Waals surface area contributed by atoms with Crippen LogP contribution in [0.4, 0.5) is 0 Å². The maximum absolute atomic E-state index is 13.2. The van der Waals surface area contributed by atoms with E-state index in [4.69, 9.17) is 16.3 Å². The van der Waals surface area contributed by atoms with Crippen LogP contribution < -0.4 is 10.1 Å². The number of nitrogens with zero attached hydrogens (tertiary/aromatic N) is 1. The number of methoxy groups -OCH3 is 1. The average molecular weight is 463 g/mol. The zero-order valence-corrected chi connectivity index (χ0v) is 19.1. The van der Waals surface area contributed by atoms with Crippen LogP contribution in [0.3, 0.4) is 0 Å². The predicted octanol–water partition coefficient (Wildman–Crippen LogP) is 3.94. The molecule has 0 bridgehead atoms. The maximum atomic E-state index is 13.2. The van der Waals surface area contributed by atoms with E-state index in [9.17, 15) is 13.2 Å². The van der Waals surface area contributed by atoms with Crippen molar-refractivity contribution in [1.82, 2.24) is 9.62 Å². The molecule has 1 aliphatic heterocycles. The van der Waals surface area contributed by atoms with Crippen LogP contribution in [-0.2, 0) is 20.4 Å². The van der Waals surface area contributed by atoms with Crippen LogP contribution in [0.1, 0.15) is 37.7 Å². The number of amides is 1. The molecule has 0 aromatic heterocycles. The van der Waals surface area contributed by atoms with Gasteiger partial charge in [-0.2, -0.15) is 4.31 Å². The van der Waals surface area contributed by atoms with Gasteiger partial charge in [-0.15, -0.1) is 0 Å². The molecule has 2 aromatic rings. The summed E-state index contributed by atoms with van der Waals surface area (Å²) in [5.74, 6) is 0.152. The van der Waals surface area contributed by atoms with Crippen molar-refractivity contribution >= 4 is 27.5 Å². The Hall–Kier alpha value is -2.09. The third-order valence-corrected chi connectivity index (χ3v) is 8.55. The van der Waals surface area contributed by atoms with Crippen molar-refractivity contribution in [1.29, 1.82) is 0 Å². The lowest BCUT2D eigenvalue weighted by Gasteiger charge is -2.44. The number of ether oxygens (including phenoxy) is 1. The van der Waals surface area contributed by atoms with Crippen LogP contribution in [0.2, 0.25) is 5.02 Å². The smallest absolute Gasteiger partial charge is 0.243 e. The molecule has 166 valence electrons. The molecular weight excluding hydrogens is 436 g/mol. The minimum absolute atomic E-state index is 0.0794. The van der Waals surface area contributed by atoms with Gasteiger partial charge in [-0.05, 0) is 74.1 Å². The second kappa shape index (κ2) is 8.81. The van der Waals surface area contributed by atoms with E-state index < -0.39 is 10.0 Å². The second-order valence-electron chi connectivity index (χ2n) is 8.31. The molecule has 1 aliphatic carbocycles. The summed E-state index contributed by atoms with van der Waals surface area (Å²) in [5, 5.41) is 3.91. The first kappa shape index (κ1) is 22.1. The summed E-state index contributed by atoms with van der Waals surface area (Å²) in [7, 11) is -2.12. The fourth-order valence-corrected chi connectivity index (χ4v) is 6.04. The Morgan fingerprint density at radius 3 is 2.35 bits per heavy atom. The number of sulfonamides is 1. The van der Waals surface area contributed by atoms with E-state index in [-0.39, 0.29) is 28.8 Å². The summed E-state index contributed by atoms with van der Waals surface area (Å²) < 4.78 is 32.7. The highest BCUT2D eigenvalue weighted by Gasteiger charge is 2.42. The first-order valence-electron chi connectivity index (χ1n) is 10.6. The van der Waals surface area contributed by atoms with Crippen LogP contribution in [0.15, 0.2) is 53.4 Å². The molecule has 2 aliphatic rings. The van der Waals surface area contributed by atoms with E-state index in [2.05, 4.69) is 5.32 Å². The van der Waals surface area contributed by atoms with Crippen LogP contribution in [0.5, 0.6) is 5.75 Å². The van der Waals surface area contributed by atoms with E-state index in [0.29, 0.717) is 30.2 Å². The molecule has 1 saturated carbocycles. The molecular formula is C23H27ClN2O4S. The Morgan fingerprint density at radius 2 is 1.77 bits per heavy atom. The van der Waals surface area contributed by atoms with Gasteiger partial charge in [0.1, 0.15) is 5.75 Å². The van der Waals surface area contributed by atoms with Crippen molar-refractivity contribution in [3.8, 4) is 5.75 Å². The third-order valence-electron chi connectivity index (χ3n) is 6.42. The van der Waals surface area contributed by atoms with Gasteiger partial charge in [0.2, 0.25) is 15.9 Å². The normalized spacial score (nSPS) is 21.2. The number of carbonyl (C=O) groups is 1. The van der Waals surface area contributed by atoms with Gasteiger partial charge in [0.05, 0.1) is 23.5 Å². The quantitative estimate of drug-likeness (QED) is 0.705. The van der Waals surface area contributed by atoms with E-state index >= 15 is 0 Å². The van der Waals surface area contributed by atoms with Gasteiger partial charge in [-0.1, -0.05) is 23.7 Å². The molecule has 8 heteroatoms. The van der Waals surface area contributed by atoms with Crippen molar-refractivity contribution in [3.63, 3.8) is 0 Å². The first-order valence-corrected chi connectivity index (χ1v) is 12.4. The number of hydrogen-bond donors (Lipinski definition) is 1. The molecule has 1 unspecified atom stereocenters. The summed E-state index contributed by atoms with van der Waals surface area (Å²) in [5.41, 5.74) is 0.675. The molecule has 6 nitrogen and oxygen atoms in total. The molecule has 1 atom stereocenters. The highest BCUT2D eigenvalue weighted by atomic mass is 35.5. The Balaban J connectivity index is 1.47. The Morgan fingerprint density at radius 1 is 1.10 bits per heavy atom. The van der Waals surface area contributed by atoms with Gasteiger partial charge < -0.3 is 10.1 Å². The zero-order valence-electron chi connectivity index (χ0n) is 17.5. The Kier molecular flexibility index (Phi) is 6.28. The number of hydrogen-bond acceptors (Lipinski definition) is 4. The second-order valence-corrected chi connectivity index (χ2v) is 10.7. The fourth-order valence-electron chi connectivity index (χ4n) is 4.39. The lowest BCUT2D eigenvalue weighted by atomic mass is 9.71.